The number of rotatable bonds is 7. The zero-order valence-electron chi connectivity index (χ0n) is 13.1. The van der Waals surface area contributed by atoms with Crippen LogP contribution >= 0.6 is 0 Å². The molecule has 0 aliphatic carbocycles. The van der Waals surface area contributed by atoms with Crippen LogP contribution in [0.5, 0.6) is 0 Å². The molecule has 2 aromatic carbocycles. The number of alkyl halides is 3. The molecular weight excluding hydrogens is 301 g/mol. The SMILES string of the molecule is CC(CCCOCc1ccccc1)c1ccc(C(F)(F)F)cc1. The Hall–Kier alpha value is -1.81. The zero-order valence-corrected chi connectivity index (χ0v) is 13.1. The van der Waals surface area contributed by atoms with Gasteiger partial charge in [-0.15, -0.1) is 0 Å². The summed E-state index contributed by atoms with van der Waals surface area (Å²) in [5, 5.41) is 0. The molecule has 23 heavy (non-hydrogen) atoms. The van der Waals surface area contributed by atoms with E-state index in [1.54, 1.807) is 12.1 Å². The largest absolute Gasteiger partial charge is 0.416 e. The number of ether oxygens (including phenoxy) is 1. The van der Waals surface area contributed by atoms with Crippen molar-refractivity contribution >= 4 is 0 Å². The highest BCUT2D eigenvalue weighted by molar-refractivity contribution is 5.26. The first-order valence-corrected chi connectivity index (χ1v) is 7.75. The molecule has 2 aromatic rings. The molecule has 1 nitrogen and oxygen atoms in total. The molecule has 0 saturated carbocycles. The average Bonchev–Trinajstić information content (AvgIpc) is 2.54. The Balaban J connectivity index is 1.71. The van der Waals surface area contributed by atoms with Crippen molar-refractivity contribution in [2.24, 2.45) is 0 Å². The van der Waals surface area contributed by atoms with Crippen molar-refractivity contribution in [3.05, 3.63) is 71.3 Å². The van der Waals surface area contributed by atoms with Gasteiger partial charge in [0.25, 0.3) is 0 Å². The Kier molecular flexibility index (Phi) is 6.22. The Morgan fingerprint density at radius 1 is 0.957 bits per heavy atom. The molecule has 0 aromatic heterocycles. The lowest BCUT2D eigenvalue weighted by Crippen LogP contribution is -2.05. The van der Waals surface area contributed by atoms with E-state index in [1.807, 2.05) is 37.3 Å². The number of hydrogen-bond donors (Lipinski definition) is 0. The summed E-state index contributed by atoms with van der Waals surface area (Å²) < 4.78 is 43.2. The lowest BCUT2D eigenvalue weighted by molar-refractivity contribution is -0.137. The lowest BCUT2D eigenvalue weighted by atomic mass is 9.95. The smallest absolute Gasteiger partial charge is 0.377 e. The molecule has 0 bridgehead atoms. The fourth-order valence-electron chi connectivity index (χ4n) is 2.42. The molecule has 0 heterocycles. The molecule has 1 unspecified atom stereocenters. The maximum atomic E-state index is 12.5. The fraction of sp³-hybridized carbons (Fsp3) is 0.368. The van der Waals surface area contributed by atoms with Crippen LogP contribution in [-0.2, 0) is 17.5 Å². The molecule has 0 amide bonds. The molecule has 0 radical (unpaired) electrons. The van der Waals surface area contributed by atoms with Crippen molar-refractivity contribution in [3.8, 4) is 0 Å². The minimum Gasteiger partial charge on any atom is -0.377 e. The normalized spacial score (nSPS) is 13.0. The maximum absolute atomic E-state index is 12.5. The highest BCUT2D eigenvalue weighted by Crippen LogP contribution is 2.30. The summed E-state index contributed by atoms with van der Waals surface area (Å²) in [6.45, 7) is 3.27. The third-order valence-corrected chi connectivity index (χ3v) is 3.84. The molecule has 0 N–H and O–H groups in total. The lowest BCUT2D eigenvalue weighted by Gasteiger charge is -2.13. The van der Waals surface area contributed by atoms with Gasteiger partial charge in [0.15, 0.2) is 0 Å². The summed E-state index contributed by atoms with van der Waals surface area (Å²) >= 11 is 0. The Morgan fingerprint density at radius 2 is 1.61 bits per heavy atom. The second-order valence-corrected chi connectivity index (χ2v) is 5.70. The maximum Gasteiger partial charge on any atom is 0.416 e. The van der Waals surface area contributed by atoms with Crippen LogP contribution in [0.15, 0.2) is 54.6 Å². The van der Waals surface area contributed by atoms with Crippen LogP contribution in [0, 0.1) is 0 Å². The molecule has 0 aliphatic heterocycles. The van der Waals surface area contributed by atoms with E-state index < -0.39 is 11.7 Å². The third-order valence-electron chi connectivity index (χ3n) is 3.84. The fourth-order valence-corrected chi connectivity index (χ4v) is 2.42. The number of benzene rings is 2. The third kappa shape index (κ3) is 5.71. The highest BCUT2D eigenvalue weighted by Gasteiger charge is 2.30. The molecule has 0 aliphatic rings. The second kappa shape index (κ2) is 8.16. The van der Waals surface area contributed by atoms with E-state index in [0.29, 0.717) is 13.2 Å². The van der Waals surface area contributed by atoms with E-state index >= 15 is 0 Å². The molecule has 124 valence electrons. The first kappa shape index (κ1) is 17.5. The van der Waals surface area contributed by atoms with Gasteiger partial charge in [0.2, 0.25) is 0 Å². The summed E-state index contributed by atoms with van der Waals surface area (Å²) in [5.41, 5.74) is 1.48. The Bertz CT molecular complexity index is 576. The minimum absolute atomic E-state index is 0.220. The van der Waals surface area contributed by atoms with Crippen LogP contribution in [0.1, 0.15) is 42.4 Å². The van der Waals surface area contributed by atoms with Gasteiger partial charge in [0, 0.05) is 6.61 Å². The predicted octanol–water partition coefficient (Wildman–Crippen LogP) is 5.81. The molecular formula is C19H21F3O. The first-order chi connectivity index (χ1) is 11.0. The topological polar surface area (TPSA) is 9.23 Å². The van der Waals surface area contributed by atoms with Crippen LogP contribution in [-0.4, -0.2) is 6.61 Å². The van der Waals surface area contributed by atoms with Gasteiger partial charge < -0.3 is 4.74 Å². The van der Waals surface area contributed by atoms with Crippen molar-refractivity contribution in [2.75, 3.05) is 6.61 Å². The summed E-state index contributed by atoms with van der Waals surface area (Å²) in [6, 6.07) is 15.4. The quantitative estimate of drug-likeness (QED) is 0.585. The van der Waals surface area contributed by atoms with Gasteiger partial charge in [-0.05, 0) is 42.0 Å². The highest BCUT2D eigenvalue weighted by atomic mass is 19.4. The van der Waals surface area contributed by atoms with Crippen molar-refractivity contribution < 1.29 is 17.9 Å². The summed E-state index contributed by atoms with van der Waals surface area (Å²) in [5.74, 6) is 0.220. The van der Waals surface area contributed by atoms with Gasteiger partial charge in [0.1, 0.15) is 0 Å². The van der Waals surface area contributed by atoms with Crippen LogP contribution in [0.4, 0.5) is 13.2 Å². The van der Waals surface area contributed by atoms with Gasteiger partial charge in [-0.2, -0.15) is 13.2 Å². The zero-order chi connectivity index (χ0) is 16.7. The van der Waals surface area contributed by atoms with Crippen LogP contribution in [0.3, 0.4) is 0 Å². The van der Waals surface area contributed by atoms with Crippen molar-refractivity contribution in [1.82, 2.24) is 0 Å². The summed E-state index contributed by atoms with van der Waals surface area (Å²) in [6.07, 6.45) is -2.50. The molecule has 4 heteroatoms. The van der Waals surface area contributed by atoms with E-state index in [2.05, 4.69) is 0 Å². The summed E-state index contributed by atoms with van der Waals surface area (Å²) in [4.78, 5) is 0. The molecule has 0 saturated heterocycles. The van der Waals surface area contributed by atoms with Gasteiger partial charge >= 0.3 is 6.18 Å². The average molecular weight is 322 g/mol. The summed E-state index contributed by atoms with van der Waals surface area (Å²) in [7, 11) is 0. The van der Waals surface area contributed by atoms with E-state index in [1.165, 1.54) is 0 Å². The monoisotopic (exact) mass is 322 g/mol. The van der Waals surface area contributed by atoms with Gasteiger partial charge in [-0.3, -0.25) is 0 Å². The van der Waals surface area contributed by atoms with Crippen LogP contribution < -0.4 is 0 Å². The van der Waals surface area contributed by atoms with Crippen molar-refractivity contribution in [1.29, 1.82) is 0 Å². The van der Waals surface area contributed by atoms with Gasteiger partial charge in [-0.25, -0.2) is 0 Å². The van der Waals surface area contributed by atoms with Crippen LogP contribution in [0.25, 0.3) is 0 Å². The van der Waals surface area contributed by atoms with Crippen molar-refractivity contribution in [3.63, 3.8) is 0 Å². The van der Waals surface area contributed by atoms with E-state index in [4.69, 9.17) is 4.74 Å². The Morgan fingerprint density at radius 3 is 2.22 bits per heavy atom. The molecule has 2 rings (SSSR count). The van der Waals surface area contributed by atoms with Gasteiger partial charge in [-0.1, -0.05) is 49.4 Å². The number of halogens is 3. The minimum atomic E-state index is -4.27. The molecule has 0 spiro atoms. The predicted molar refractivity (Wildman–Crippen MR) is 85.2 cm³/mol. The van der Waals surface area contributed by atoms with Gasteiger partial charge in [0.05, 0.1) is 12.2 Å². The standard InChI is InChI=1S/C19H21F3O/c1-15(17-9-11-18(12-10-17)19(20,21)22)6-5-13-23-14-16-7-3-2-4-8-16/h2-4,7-12,15H,5-6,13-14H2,1H3. The van der Waals surface area contributed by atoms with E-state index in [9.17, 15) is 13.2 Å². The molecule has 0 fully saturated rings. The first-order valence-electron chi connectivity index (χ1n) is 7.75. The Labute approximate surface area is 135 Å². The van der Waals surface area contributed by atoms with Crippen molar-refractivity contribution in [2.45, 2.75) is 38.5 Å². The van der Waals surface area contributed by atoms with E-state index in [0.717, 1.165) is 36.1 Å². The number of hydrogen-bond acceptors (Lipinski definition) is 1. The van der Waals surface area contributed by atoms with Crippen LogP contribution in [0.2, 0.25) is 0 Å². The second-order valence-electron chi connectivity index (χ2n) is 5.70. The molecule has 1 atom stereocenters. The van der Waals surface area contributed by atoms with E-state index in [-0.39, 0.29) is 5.92 Å².